The highest BCUT2D eigenvalue weighted by molar-refractivity contribution is 7.99. The van der Waals surface area contributed by atoms with Crippen molar-refractivity contribution in [2.24, 2.45) is 7.05 Å². The van der Waals surface area contributed by atoms with Gasteiger partial charge in [0.1, 0.15) is 0 Å². The summed E-state index contributed by atoms with van der Waals surface area (Å²) >= 11 is 1.06. The van der Waals surface area contributed by atoms with Crippen LogP contribution in [0.5, 0.6) is 0 Å². The second-order valence-electron chi connectivity index (χ2n) is 5.73. The van der Waals surface area contributed by atoms with Crippen molar-refractivity contribution < 1.29 is 13.2 Å². The summed E-state index contributed by atoms with van der Waals surface area (Å²) in [5.41, 5.74) is 1.16. The third-order valence-electron chi connectivity index (χ3n) is 3.89. The van der Waals surface area contributed by atoms with Gasteiger partial charge in [0.2, 0.25) is 5.91 Å². The first-order valence-electron chi connectivity index (χ1n) is 7.44. The summed E-state index contributed by atoms with van der Waals surface area (Å²) < 4.78 is 24.3. The zero-order valence-corrected chi connectivity index (χ0v) is 14.7. The first-order chi connectivity index (χ1) is 11.4. The fourth-order valence-corrected chi connectivity index (χ4v) is 5.11. The highest BCUT2D eigenvalue weighted by atomic mass is 32.2. The van der Waals surface area contributed by atoms with Crippen molar-refractivity contribution in [2.45, 2.75) is 17.5 Å². The van der Waals surface area contributed by atoms with Gasteiger partial charge >= 0.3 is 0 Å². The van der Waals surface area contributed by atoms with E-state index in [1.165, 1.54) is 4.57 Å². The molecule has 2 heterocycles. The number of aryl methyl sites for hydroxylation is 1. The SMILES string of the molecule is Cn1c(=O)c(SCC(=O)NC2CCS(=O)(=O)C2)nc2ccccc21. The van der Waals surface area contributed by atoms with E-state index in [-0.39, 0.29) is 39.8 Å². The van der Waals surface area contributed by atoms with Crippen LogP contribution in [0.1, 0.15) is 6.42 Å². The van der Waals surface area contributed by atoms with Crippen LogP contribution in [0, 0.1) is 0 Å². The van der Waals surface area contributed by atoms with E-state index in [0.717, 1.165) is 17.3 Å². The highest BCUT2D eigenvalue weighted by Gasteiger charge is 2.28. The van der Waals surface area contributed by atoms with E-state index in [1.54, 1.807) is 7.05 Å². The summed E-state index contributed by atoms with van der Waals surface area (Å²) in [7, 11) is -1.37. The van der Waals surface area contributed by atoms with Crippen molar-refractivity contribution in [1.29, 1.82) is 0 Å². The lowest BCUT2D eigenvalue weighted by molar-refractivity contribution is -0.119. The molecule has 1 amide bonds. The minimum atomic E-state index is -3.03. The van der Waals surface area contributed by atoms with Gasteiger partial charge in [0.05, 0.1) is 28.3 Å². The van der Waals surface area contributed by atoms with E-state index in [2.05, 4.69) is 10.3 Å². The van der Waals surface area contributed by atoms with Crippen LogP contribution in [-0.4, -0.2) is 47.2 Å². The molecule has 1 aliphatic rings. The molecule has 1 aromatic carbocycles. The van der Waals surface area contributed by atoms with Crippen molar-refractivity contribution in [2.75, 3.05) is 17.3 Å². The van der Waals surface area contributed by atoms with Crippen molar-refractivity contribution in [1.82, 2.24) is 14.9 Å². The van der Waals surface area contributed by atoms with Crippen LogP contribution in [0.2, 0.25) is 0 Å². The van der Waals surface area contributed by atoms with Crippen LogP contribution in [0.25, 0.3) is 11.0 Å². The second-order valence-corrected chi connectivity index (χ2v) is 8.92. The normalized spacial score (nSPS) is 19.5. The summed E-state index contributed by atoms with van der Waals surface area (Å²) in [6.45, 7) is 0. The van der Waals surface area contributed by atoms with Gasteiger partial charge in [0.15, 0.2) is 14.9 Å². The number of fused-ring (bicyclic) bond motifs is 1. The predicted molar refractivity (Wildman–Crippen MR) is 92.9 cm³/mol. The lowest BCUT2D eigenvalue weighted by Gasteiger charge is -2.11. The molecule has 0 spiro atoms. The predicted octanol–water partition coefficient (Wildman–Crippen LogP) is 0.329. The summed E-state index contributed by atoms with van der Waals surface area (Å²) in [6.07, 6.45) is 0.439. The summed E-state index contributed by atoms with van der Waals surface area (Å²) in [5, 5.41) is 2.96. The number of rotatable bonds is 4. The van der Waals surface area contributed by atoms with Crippen molar-refractivity contribution in [3.05, 3.63) is 34.6 Å². The molecule has 3 rings (SSSR count). The Balaban J connectivity index is 1.68. The van der Waals surface area contributed by atoms with Crippen molar-refractivity contribution >= 4 is 38.5 Å². The van der Waals surface area contributed by atoms with Crippen LogP contribution in [-0.2, 0) is 21.7 Å². The molecule has 1 aliphatic heterocycles. The second kappa shape index (κ2) is 6.56. The molecule has 1 N–H and O–H groups in total. The number of para-hydroxylation sites is 2. The van der Waals surface area contributed by atoms with Gasteiger partial charge in [-0.1, -0.05) is 23.9 Å². The number of hydrogen-bond donors (Lipinski definition) is 1. The number of hydrogen-bond acceptors (Lipinski definition) is 6. The van der Waals surface area contributed by atoms with Gasteiger partial charge in [-0.05, 0) is 18.6 Å². The molecule has 0 bridgehead atoms. The Kier molecular flexibility index (Phi) is 4.64. The Morgan fingerprint density at radius 2 is 2.17 bits per heavy atom. The fraction of sp³-hybridized carbons (Fsp3) is 0.400. The van der Waals surface area contributed by atoms with E-state index in [9.17, 15) is 18.0 Å². The van der Waals surface area contributed by atoms with E-state index < -0.39 is 9.84 Å². The van der Waals surface area contributed by atoms with Gasteiger partial charge in [-0.2, -0.15) is 0 Å². The number of amides is 1. The smallest absolute Gasteiger partial charge is 0.283 e. The molecular weight excluding hydrogens is 350 g/mol. The molecule has 7 nitrogen and oxygen atoms in total. The molecule has 1 atom stereocenters. The zero-order valence-electron chi connectivity index (χ0n) is 13.1. The minimum Gasteiger partial charge on any atom is -0.352 e. The number of benzene rings is 1. The first kappa shape index (κ1) is 17.0. The zero-order chi connectivity index (χ0) is 17.3. The molecule has 9 heteroatoms. The molecule has 0 radical (unpaired) electrons. The molecule has 1 aromatic heterocycles. The maximum atomic E-state index is 12.3. The molecule has 2 aromatic rings. The maximum absolute atomic E-state index is 12.3. The molecular formula is C15H17N3O4S2. The lowest BCUT2D eigenvalue weighted by Crippen LogP contribution is -2.36. The van der Waals surface area contributed by atoms with Crippen molar-refractivity contribution in [3.63, 3.8) is 0 Å². The van der Waals surface area contributed by atoms with E-state index in [0.29, 0.717) is 11.9 Å². The van der Waals surface area contributed by atoms with Gasteiger partial charge in [-0.25, -0.2) is 13.4 Å². The van der Waals surface area contributed by atoms with Crippen LogP contribution >= 0.6 is 11.8 Å². The van der Waals surface area contributed by atoms with Gasteiger partial charge < -0.3 is 9.88 Å². The Hall–Kier alpha value is -1.87. The first-order valence-corrected chi connectivity index (χ1v) is 10.2. The van der Waals surface area contributed by atoms with Crippen LogP contribution in [0.4, 0.5) is 0 Å². The molecule has 1 saturated heterocycles. The Bertz CT molecular complexity index is 953. The highest BCUT2D eigenvalue weighted by Crippen LogP contribution is 2.16. The number of sulfone groups is 1. The Morgan fingerprint density at radius 3 is 2.88 bits per heavy atom. The molecule has 1 unspecified atom stereocenters. The van der Waals surface area contributed by atoms with Gasteiger partial charge in [0.25, 0.3) is 5.56 Å². The van der Waals surface area contributed by atoms with Gasteiger partial charge in [-0.15, -0.1) is 0 Å². The monoisotopic (exact) mass is 367 g/mol. The third kappa shape index (κ3) is 3.62. The number of nitrogens with zero attached hydrogens (tertiary/aromatic N) is 2. The van der Waals surface area contributed by atoms with Gasteiger partial charge in [0, 0.05) is 13.1 Å². The molecule has 1 fully saturated rings. The van der Waals surface area contributed by atoms with E-state index in [1.807, 2.05) is 24.3 Å². The summed E-state index contributed by atoms with van der Waals surface area (Å²) in [4.78, 5) is 28.6. The number of aromatic nitrogens is 2. The summed E-state index contributed by atoms with van der Waals surface area (Å²) in [6, 6.07) is 6.95. The Morgan fingerprint density at radius 1 is 1.42 bits per heavy atom. The van der Waals surface area contributed by atoms with Crippen LogP contribution in [0.3, 0.4) is 0 Å². The minimum absolute atomic E-state index is 0.0145. The van der Waals surface area contributed by atoms with E-state index >= 15 is 0 Å². The maximum Gasteiger partial charge on any atom is 0.283 e. The van der Waals surface area contributed by atoms with E-state index in [4.69, 9.17) is 0 Å². The molecule has 24 heavy (non-hydrogen) atoms. The molecule has 0 aliphatic carbocycles. The molecule has 0 saturated carbocycles. The largest absolute Gasteiger partial charge is 0.352 e. The topological polar surface area (TPSA) is 98.1 Å². The number of nitrogens with one attached hydrogen (secondary N) is 1. The fourth-order valence-electron chi connectivity index (χ4n) is 2.66. The Labute approximate surface area is 143 Å². The third-order valence-corrected chi connectivity index (χ3v) is 6.60. The average molecular weight is 367 g/mol. The number of carbonyl (C=O) groups excluding carboxylic acids is 1. The average Bonchev–Trinajstić information content (AvgIpc) is 2.88. The lowest BCUT2D eigenvalue weighted by atomic mass is 10.3. The quantitative estimate of drug-likeness (QED) is 0.782. The van der Waals surface area contributed by atoms with Crippen molar-refractivity contribution in [3.8, 4) is 0 Å². The summed E-state index contributed by atoms with van der Waals surface area (Å²) in [5.74, 6) is -0.173. The standard InChI is InChI=1S/C15H17N3O4S2/c1-18-12-5-3-2-4-11(12)17-14(15(18)20)23-8-13(19)16-10-6-7-24(21,22)9-10/h2-5,10H,6-9H2,1H3,(H,16,19). The van der Waals surface area contributed by atoms with Crippen LogP contribution in [0.15, 0.2) is 34.1 Å². The number of thioether (sulfide) groups is 1. The number of carbonyl (C=O) groups is 1. The molecule has 128 valence electrons. The van der Waals surface area contributed by atoms with Crippen LogP contribution < -0.4 is 10.9 Å². The van der Waals surface area contributed by atoms with Gasteiger partial charge in [-0.3, -0.25) is 9.59 Å².